The maximum atomic E-state index is 9.71. The van der Waals surface area contributed by atoms with Gasteiger partial charge in [0.1, 0.15) is 0 Å². The van der Waals surface area contributed by atoms with Crippen LogP contribution < -0.4 is 0 Å². The van der Waals surface area contributed by atoms with Gasteiger partial charge in [0.25, 0.3) is 0 Å². The highest BCUT2D eigenvalue weighted by Crippen LogP contribution is 1.83. The van der Waals surface area contributed by atoms with Gasteiger partial charge in [-0.05, 0) is 0 Å². The SMILES string of the molecule is [CH2]C(O)OC=CC(=O)O. The number of rotatable bonds is 3. The third kappa shape index (κ3) is 6.97. The lowest BCUT2D eigenvalue weighted by Gasteiger charge is -1.99. The first-order valence-electron chi connectivity index (χ1n) is 2.19. The van der Waals surface area contributed by atoms with Crippen LogP contribution in [0.25, 0.3) is 0 Å². The van der Waals surface area contributed by atoms with Gasteiger partial charge in [0.15, 0.2) is 6.29 Å². The Morgan fingerprint density at radius 2 is 2.33 bits per heavy atom. The van der Waals surface area contributed by atoms with E-state index in [1.807, 2.05) is 0 Å². The number of aliphatic hydroxyl groups excluding tert-OH is 1. The Kier molecular flexibility index (Phi) is 3.46. The van der Waals surface area contributed by atoms with E-state index in [-0.39, 0.29) is 0 Å². The van der Waals surface area contributed by atoms with Crippen molar-refractivity contribution < 1.29 is 19.7 Å². The van der Waals surface area contributed by atoms with Crippen molar-refractivity contribution in [2.24, 2.45) is 0 Å². The molecule has 0 bridgehead atoms. The number of carboxylic acid groups (broad SMARTS) is 1. The van der Waals surface area contributed by atoms with Gasteiger partial charge >= 0.3 is 5.97 Å². The molecule has 0 saturated heterocycles. The lowest BCUT2D eigenvalue weighted by molar-refractivity contribution is -0.131. The summed E-state index contributed by atoms with van der Waals surface area (Å²) >= 11 is 0. The quantitative estimate of drug-likeness (QED) is 0.315. The first-order valence-corrected chi connectivity index (χ1v) is 2.19. The van der Waals surface area contributed by atoms with E-state index in [1.165, 1.54) is 0 Å². The summed E-state index contributed by atoms with van der Waals surface area (Å²) in [6, 6.07) is 0. The molecule has 0 aromatic heterocycles. The van der Waals surface area contributed by atoms with Crippen molar-refractivity contribution in [1.29, 1.82) is 0 Å². The fourth-order valence-electron chi connectivity index (χ4n) is 0.188. The van der Waals surface area contributed by atoms with Crippen LogP contribution in [0.5, 0.6) is 0 Å². The molecule has 0 fully saturated rings. The molecule has 0 saturated carbocycles. The summed E-state index contributed by atoms with van der Waals surface area (Å²) in [5.74, 6) is -1.13. The molecule has 1 radical (unpaired) electrons. The maximum absolute atomic E-state index is 9.71. The van der Waals surface area contributed by atoms with Crippen LogP contribution in [0.4, 0.5) is 0 Å². The van der Waals surface area contributed by atoms with Gasteiger partial charge in [-0.25, -0.2) is 4.79 Å². The first-order chi connectivity index (χ1) is 4.13. The summed E-state index contributed by atoms with van der Waals surface area (Å²) in [5.41, 5.74) is 0. The highest BCUT2D eigenvalue weighted by atomic mass is 16.6. The lowest BCUT2D eigenvalue weighted by atomic mass is 10.6. The predicted octanol–water partition coefficient (Wildman–Crippen LogP) is -0.246. The number of carboxylic acids is 1. The van der Waals surface area contributed by atoms with Crippen molar-refractivity contribution in [3.8, 4) is 0 Å². The Bertz CT molecular complexity index is 116. The lowest BCUT2D eigenvalue weighted by Crippen LogP contribution is -2.01. The second-order valence-electron chi connectivity index (χ2n) is 1.23. The van der Waals surface area contributed by atoms with Gasteiger partial charge < -0.3 is 14.9 Å². The number of aliphatic carboxylic acids is 1. The standard InChI is InChI=1S/C5H7O4/c1-4(6)9-3-2-5(7)8/h2-4,6H,1H2,(H,7,8). The number of hydrogen-bond acceptors (Lipinski definition) is 3. The Morgan fingerprint density at radius 3 is 2.67 bits per heavy atom. The van der Waals surface area contributed by atoms with E-state index >= 15 is 0 Å². The maximum Gasteiger partial charge on any atom is 0.331 e. The van der Waals surface area contributed by atoms with Crippen LogP contribution in [0, 0.1) is 6.92 Å². The highest BCUT2D eigenvalue weighted by molar-refractivity contribution is 5.79. The van der Waals surface area contributed by atoms with Crippen LogP contribution in [0.15, 0.2) is 12.3 Å². The van der Waals surface area contributed by atoms with E-state index in [0.717, 1.165) is 12.3 Å². The summed E-state index contributed by atoms with van der Waals surface area (Å²) in [6.45, 7) is 3.02. The Hall–Kier alpha value is -1.03. The van der Waals surface area contributed by atoms with Gasteiger partial charge in [0, 0.05) is 6.92 Å². The topological polar surface area (TPSA) is 66.8 Å². The minimum absolute atomic E-state index is 0.758. The van der Waals surface area contributed by atoms with Gasteiger partial charge in [-0.2, -0.15) is 0 Å². The van der Waals surface area contributed by atoms with Crippen LogP contribution in [0.3, 0.4) is 0 Å². The third-order valence-corrected chi connectivity index (χ3v) is 0.446. The Morgan fingerprint density at radius 1 is 1.78 bits per heavy atom. The molecule has 0 aliphatic carbocycles. The minimum atomic E-state index is -1.21. The molecule has 0 amide bonds. The molecule has 4 nitrogen and oxygen atoms in total. The summed E-state index contributed by atoms with van der Waals surface area (Å²) < 4.78 is 4.24. The van der Waals surface area contributed by atoms with E-state index in [4.69, 9.17) is 10.2 Å². The summed E-state index contributed by atoms with van der Waals surface area (Å²) in [6.07, 6.45) is 0.412. The van der Waals surface area contributed by atoms with Crippen LogP contribution in [-0.2, 0) is 9.53 Å². The molecule has 51 valence electrons. The molecule has 1 atom stereocenters. The summed E-state index contributed by atoms with van der Waals surface area (Å²) in [7, 11) is 0. The van der Waals surface area contributed by atoms with Crippen molar-refractivity contribution >= 4 is 5.97 Å². The zero-order valence-corrected chi connectivity index (χ0v) is 4.65. The predicted molar refractivity (Wildman–Crippen MR) is 29.2 cm³/mol. The van der Waals surface area contributed by atoms with Gasteiger partial charge in [0.2, 0.25) is 0 Å². The molecule has 0 aliphatic heterocycles. The molecule has 1 unspecified atom stereocenters. The molecule has 9 heavy (non-hydrogen) atoms. The minimum Gasteiger partial charge on any atom is -0.478 e. The van der Waals surface area contributed by atoms with Crippen molar-refractivity contribution in [1.82, 2.24) is 0 Å². The number of hydrogen-bond donors (Lipinski definition) is 2. The Balaban J connectivity index is 3.36. The summed E-state index contributed by atoms with van der Waals surface area (Å²) in [5, 5.41) is 16.2. The van der Waals surface area contributed by atoms with Gasteiger partial charge in [-0.1, -0.05) is 0 Å². The fourth-order valence-corrected chi connectivity index (χ4v) is 0.188. The van der Waals surface area contributed by atoms with E-state index in [0.29, 0.717) is 0 Å². The molecule has 0 heterocycles. The number of ether oxygens (including phenoxy) is 1. The average molecular weight is 131 g/mol. The third-order valence-electron chi connectivity index (χ3n) is 0.446. The smallest absolute Gasteiger partial charge is 0.331 e. The molecule has 0 rings (SSSR count). The second kappa shape index (κ2) is 3.91. The average Bonchev–Trinajstić information content (AvgIpc) is 1.63. The van der Waals surface area contributed by atoms with Gasteiger partial charge in [-0.15, -0.1) is 0 Å². The molecule has 0 aliphatic rings. The van der Waals surface area contributed by atoms with E-state index in [9.17, 15) is 4.79 Å². The molecule has 0 aromatic rings. The van der Waals surface area contributed by atoms with Crippen LogP contribution in [-0.4, -0.2) is 22.5 Å². The van der Waals surface area contributed by atoms with Crippen molar-refractivity contribution in [3.63, 3.8) is 0 Å². The Labute approximate surface area is 52.4 Å². The van der Waals surface area contributed by atoms with Crippen molar-refractivity contribution in [3.05, 3.63) is 19.3 Å². The van der Waals surface area contributed by atoms with Crippen LogP contribution >= 0.6 is 0 Å². The molecular formula is C5H7O4. The van der Waals surface area contributed by atoms with Crippen molar-refractivity contribution in [2.45, 2.75) is 6.29 Å². The first kappa shape index (κ1) is 7.97. The van der Waals surface area contributed by atoms with Crippen LogP contribution in [0.1, 0.15) is 0 Å². The summed E-state index contributed by atoms with van der Waals surface area (Å²) in [4.78, 5) is 9.71. The second-order valence-corrected chi connectivity index (χ2v) is 1.23. The van der Waals surface area contributed by atoms with E-state index in [1.54, 1.807) is 0 Å². The number of carbonyl (C=O) groups is 1. The number of aliphatic hydroxyl groups is 1. The molecular weight excluding hydrogens is 124 g/mol. The van der Waals surface area contributed by atoms with Crippen molar-refractivity contribution in [2.75, 3.05) is 0 Å². The van der Waals surface area contributed by atoms with E-state index in [2.05, 4.69) is 11.7 Å². The van der Waals surface area contributed by atoms with Crippen LogP contribution in [0.2, 0.25) is 0 Å². The zero-order valence-electron chi connectivity index (χ0n) is 4.65. The molecule has 2 N–H and O–H groups in total. The monoisotopic (exact) mass is 131 g/mol. The van der Waals surface area contributed by atoms with E-state index < -0.39 is 12.3 Å². The van der Waals surface area contributed by atoms with Gasteiger partial charge in [-0.3, -0.25) is 0 Å². The highest BCUT2D eigenvalue weighted by Gasteiger charge is 1.89. The molecule has 0 aromatic carbocycles. The van der Waals surface area contributed by atoms with Gasteiger partial charge in [0.05, 0.1) is 12.3 Å². The molecule has 0 spiro atoms. The largest absolute Gasteiger partial charge is 0.478 e. The molecule has 4 heteroatoms. The normalized spacial score (nSPS) is 13.6. The zero-order chi connectivity index (χ0) is 7.28. The fraction of sp³-hybridized carbons (Fsp3) is 0.200.